The quantitative estimate of drug-likeness (QED) is 0.742. The van der Waals surface area contributed by atoms with E-state index in [1.165, 1.54) is 0 Å². The number of hydrogen-bond acceptors (Lipinski definition) is 4. The van der Waals surface area contributed by atoms with Crippen molar-refractivity contribution in [1.29, 1.82) is 0 Å². The van der Waals surface area contributed by atoms with Crippen molar-refractivity contribution >= 4 is 10.0 Å². The average Bonchev–Trinajstić information content (AvgIpc) is 2.27. The van der Waals surface area contributed by atoms with Crippen molar-refractivity contribution in [1.82, 2.24) is 4.72 Å². The fourth-order valence-corrected chi connectivity index (χ4v) is 2.09. The molecule has 0 aliphatic carbocycles. The lowest BCUT2D eigenvalue weighted by molar-refractivity contribution is 0.409. The molecule has 0 bridgehead atoms. The van der Waals surface area contributed by atoms with E-state index in [2.05, 4.69) is 4.72 Å². The molecule has 6 heteroatoms. The van der Waals surface area contributed by atoms with Crippen LogP contribution in [0.4, 0.5) is 0 Å². The SMILES string of the molecule is COc1ccccc1CNS(=O)(=O)CCN. The summed E-state index contributed by atoms with van der Waals surface area (Å²) in [6, 6.07) is 7.25. The van der Waals surface area contributed by atoms with Crippen molar-refractivity contribution in [2.45, 2.75) is 6.54 Å². The number of methoxy groups -OCH3 is 1. The van der Waals surface area contributed by atoms with Crippen LogP contribution in [-0.2, 0) is 16.6 Å². The summed E-state index contributed by atoms with van der Waals surface area (Å²) in [5.41, 5.74) is 5.99. The van der Waals surface area contributed by atoms with Gasteiger partial charge in [-0.1, -0.05) is 18.2 Å². The van der Waals surface area contributed by atoms with Gasteiger partial charge >= 0.3 is 0 Å². The lowest BCUT2D eigenvalue weighted by Crippen LogP contribution is -2.29. The van der Waals surface area contributed by atoms with E-state index >= 15 is 0 Å². The first kappa shape index (κ1) is 13.0. The highest BCUT2D eigenvalue weighted by Crippen LogP contribution is 2.16. The van der Waals surface area contributed by atoms with Gasteiger partial charge in [0, 0.05) is 18.7 Å². The molecule has 5 nitrogen and oxygen atoms in total. The number of ether oxygens (including phenoxy) is 1. The molecule has 16 heavy (non-hydrogen) atoms. The molecule has 0 amide bonds. The van der Waals surface area contributed by atoms with Crippen molar-refractivity contribution in [3.05, 3.63) is 29.8 Å². The Kier molecular flexibility index (Phi) is 4.72. The Morgan fingerprint density at radius 2 is 2.06 bits per heavy atom. The maximum absolute atomic E-state index is 11.4. The van der Waals surface area contributed by atoms with Crippen LogP contribution in [0.2, 0.25) is 0 Å². The van der Waals surface area contributed by atoms with Gasteiger partial charge in [0.2, 0.25) is 10.0 Å². The van der Waals surface area contributed by atoms with Gasteiger partial charge in [-0.25, -0.2) is 13.1 Å². The second kappa shape index (κ2) is 5.83. The summed E-state index contributed by atoms with van der Waals surface area (Å²) in [6.07, 6.45) is 0. The minimum atomic E-state index is -3.29. The second-order valence-corrected chi connectivity index (χ2v) is 5.17. The van der Waals surface area contributed by atoms with Crippen LogP contribution in [0.5, 0.6) is 5.75 Å². The van der Waals surface area contributed by atoms with E-state index in [1.807, 2.05) is 18.2 Å². The highest BCUT2D eigenvalue weighted by atomic mass is 32.2. The smallest absolute Gasteiger partial charge is 0.213 e. The summed E-state index contributed by atoms with van der Waals surface area (Å²) >= 11 is 0. The van der Waals surface area contributed by atoms with Crippen molar-refractivity contribution in [3.8, 4) is 5.75 Å². The Hall–Kier alpha value is -1.11. The molecule has 0 saturated carbocycles. The highest BCUT2D eigenvalue weighted by Gasteiger charge is 2.09. The standard InChI is InChI=1S/C10H16N2O3S/c1-15-10-5-3-2-4-9(10)8-12-16(13,14)7-6-11/h2-5,12H,6-8,11H2,1H3. The van der Waals surface area contributed by atoms with Gasteiger partial charge in [-0.15, -0.1) is 0 Å². The lowest BCUT2D eigenvalue weighted by atomic mass is 10.2. The summed E-state index contributed by atoms with van der Waals surface area (Å²) in [5.74, 6) is 0.597. The Morgan fingerprint density at radius 1 is 1.38 bits per heavy atom. The number of nitrogens with two attached hydrogens (primary N) is 1. The van der Waals surface area contributed by atoms with Gasteiger partial charge in [0.05, 0.1) is 12.9 Å². The second-order valence-electron chi connectivity index (χ2n) is 3.24. The Morgan fingerprint density at radius 3 is 2.69 bits per heavy atom. The molecule has 0 aromatic heterocycles. The first-order chi connectivity index (χ1) is 7.59. The molecule has 0 fully saturated rings. The number of sulfonamides is 1. The predicted octanol–water partition coefficient (Wildman–Crippen LogP) is 0.0733. The van der Waals surface area contributed by atoms with E-state index < -0.39 is 10.0 Å². The number of nitrogens with one attached hydrogen (secondary N) is 1. The van der Waals surface area contributed by atoms with Crippen molar-refractivity contribution in [2.24, 2.45) is 5.73 Å². The zero-order chi connectivity index (χ0) is 12.0. The summed E-state index contributed by atoms with van der Waals surface area (Å²) in [7, 11) is -1.74. The zero-order valence-corrected chi connectivity index (χ0v) is 9.96. The van der Waals surface area contributed by atoms with Crippen LogP contribution >= 0.6 is 0 Å². The third-order valence-corrected chi connectivity index (χ3v) is 3.42. The van der Waals surface area contributed by atoms with Gasteiger partial charge in [-0.2, -0.15) is 0 Å². The van der Waals surface area contributed by atoms with E-state index in [1.54, 1.807) is 13.2 Å². The summed E-state index contributed by atoms with van der Waals surface area (Å²) in [4.78, 5) is 0. The van der Waals surface area contributed by atoms with Crippen LogP contribution in [0.3, 0.4) is 0 Å². The third-order valence-electron chi connectivity index (χ3n) is 2.06. The molecule has 0 aliphatic rings. The van der Waals surface area contributed by atoms with Crippen molar-refractivity contribution < 1.29 is 13.2 Å². The molecular weight excluding hydrogens is 228 g/mol. The number of hydrogen-bond donors (Lipinski definition) is 2. The predicted molar refractivity (Wildman–Crippen MR) is 62.7 cm³/mol. The maximum atomic E-state index is 11.4. The van der Waals surface area contributed by atoms with Crippen LogP contribution in [0, 0.1) is 0 Å². The summed E-state index contributed by atoms with van der Waals surface area (Å²) in [6.45, 7) is 0.327. The van der Waals surface area contributed by atoms with Gasteiger partial charge in [-0.05, 0) is 6.07 Å². The zero-order valence-electron chi connectivity index (χ0n) is 9.14. The van der Waals surface area contributed by atoms with E-state index in [0.717, 1.165) is 5.56 Å². The molecule has 0 atom stereocenters. The molecule has 90 valence electrons. The van der Waals surface area contributed by atoms with Gasteiger partial charge in [0.15, 0.2) is 0 Å². The largest absolute Gasteiger partial charge is 0.496 e. The van der Waals surface area contributed by atoms with E-state index in [9.17, 15) is 8.42 Å². The van der Waals surface area contributed by atoms with Gasteiger partial charge in [0.1, 0.15) is 5.75 Å². The van der Waals surface area contributed by atoms with Crippen LogP contribution in [0.15, 0.2) is 24.3 Å². The normalized spacial score (nSPS) is 11.4. The van der Waals surface area contributed by atoms with Crippen LogP contribution in [0.25, 0.3) is 0 Å². The first-order valence-corrected chi connectivity index (χ1v) is 6.53. The van der Waals surface area contributed by atoms with Gasteiger partial charge < -0.3 is 10.5 Å². The van der Waals surface area contributed by atoms with Crippen LogP contribution < -0.4 is 15.2 Å². The highest BCUT2D eigenvalue weighted by molar-refractivity contribution is 7.89. The molecule has 0 heterocycles. The van der Waals surface area contributed by atoms with Crippen LogP contribution in [0.1, 0.15) is 5.56 Å². The summed E-state index contributed by atoms with van der Waals surface area (Å²) in [5, 5.41) is 0. The van der Waals surface area contributed by atoms with Crippen molar-refractivity contribution in [3.63, 3.8) is 0 Å². The van der Waals surface area contributed by atoms with Gasteiger partial charge in [-0.3, -0.25) is 0 Å². The molecule has 1 aromatic rings. The molecule has 0 unspecified atom stereocenters. The molecule has 1 rings (SSSR count). The van der Waals surface area contributed by atoms with Crippen LogP contribution in [-0.4, -0.2) is 27.8 Å². The van der Waals surface area contributed by atoms with Gasteiger partial charge in [0.25, 0.3) is 0 Å². The number of benzene rings is 1. The molecular formula is C10H16N2O3S. The third kappa shape index (κ3) is 3.80. The minimum absolute atomic E-state index is 0.0673. The van der Waals surface area contributed by atoms with E-state index in [4.69, 9.17) is 10.5 Å². The van der Waals surface area contributed by atoms with E-state index in [0.29, 0.717) is 5.75 Å². The molecule has 0 aliphatic heterocycles. The maximum Gasteiger partial charge on any atom is 0.213 e. The fourth-order valence-electron chi connectivity index (χ4n) is 1.26. The van der Waals surface area contributed by atoms with Crippen molar-refractivity contribution in [2.75, 3.05) is 19.4 Å². The number of para-hydroxylation sites is 1. The number of rotatable bonds is 6. The molecule has 3 N–H and O–H groups in total. The molecule has 0 saturated heterocycles. The monoisotopic (exact) mass is 244 g/mol. The molecule has 1 aromatic carbocycles. The topological polar surface area (TPSA) is 81.4 Å². The Bertz CT molecular complexity index is 431. The first-order valence-electron chi connectivity index (χ1n) is 4.88. The lowest BCUT2D eigenvalue weighted by Gasteiger charge is -2.09. The molecule has 0 spiro atoms. The Balaban J connectivity index is 2.68. The Labute approximate surface area is 95.7 Å². The summed E-state index contributed by atoms with van der Waals surface area (Å²) < 4.78 is 30.3. The fraction of sp³-hybridized carbons (Fsp3) is 0.400. The van der Waals surface area contributed by atoms with E-state index in [-0.39, 0.29) is 18.8 Å². The average molecular weight is 244 g/mol. The molecule has 0 radical (unpaired) electrons. The minimum Gasteiger partial charge on any atom is -0.496 e.